The van der Waals surface area contributed by atoms with Gasteiger partial charge < -0.3 is 10.1 Å². The molecule has 0 aliphatic rings. The minimum atomic E-state index is -0.422. The fraction of sp³-hybridized carbons (Fsp3) is 0.136. The van der Waals surface area contributed by atoms with Crippen LogP contribution < -0.4 is 10.1 Å². The molecule has 0 amide bonds. The van der Waals surface area contributed by atoms with E-state index in [0.29, 0.717) is 11.7 Å². The molecular formula is C22H21N3O2. The van der Waals surface area contributed by atoms with Gasteiger partial charge in [0, 0.05) is 23.2 Å². The molecule has 0 unspecified atom stereocenters. The maximum Gasteiger partial charge on any atom is 0.336 e. The lowest BCUT2D eigenvalue weighted by Gasteiger charge is -2.07. The number of anilines is 2. The second kappa shape index (κ2) is 8.27. The van der Waals surface area contributed by atoms with Gasteiger partial charge in [-0.25, -0.2) is 14.8 Å². The topological polar surface area (TPSA) is 64.1 Å². The first-order chi connectivity index (χ1) is 13.0. The van der Waals surface area contributed by atoms with Crippen molar-refractivity contribution in [2.45, 2.75) is 20.8 Å². The van der Waals surface area contributed by atoms with Crippen LogP contribution >= 0.6 is 0 Å². The van der Waals surface area contributed by atoms with Crippen molar-refractivity contribution in [3.8, 4) is 5.75 Å². The first-order valence-electron chi connectivity index (χ1n) is 8.64. The maximum absolute atomic E-state index is 12.0. The Hall–Kier alpha value is -3.47. The number of carbonyl (C=O) groups excluding carboxylic acids is 1. The van der Waals surface area contributed by atoms with Crippen molar-refractivity contribution in [1.82, 2.24) is 9.97 Å². The van der Waals surface area contributed by atoms with E-state index in [9.17, 15) is 4.79 Å². The van der Waals surface area contributed by atoms with Gasteiger partial charge >= 0.3 is 5.97 Å². The molecule has 0 radical (unpaired) electrons. The minimum absolute atomic E-state index is 0.422. The van der Waals surface area contributed by atoms with Crippen LogP contribution in [-0.4, -0.2) is 15.9 Å². The van der Waals surface area contributed by atoms with Crippen LogP contribution in [0.1, 0.15) is 22.5 Å². The van der Waals surface area contributed by atoms with E-state index in [1.165, 1.54) is 11.6 Å². The van der Waals surface area contributed by atoms with Crippen LogP contribution in [-0.2, 0) is 4.79 Å². The zero-order valence-corrected chi connectivity index (χ0v) is 15.6. The highest BCUT2D eigenvalue weighted by atomic mass is 16.5. The predicted octanol–water partition coefficient (Wildman–Crippen LogP) is 4.76. The van der Waals surface area contributed by atoms with E-state index >= 15 is 0 Å². The molecule has 0 saturated heterocycles. The molecule has 1 heterocycles. The Morgan fingerprint density at radius 3 is 2.19 bits per heavy atom. The van der Waals surface area contributed by atoms with Crippen molar-refractivity contribution in [3.63, 3.8) is 0 Å². The number of hydrogen-bond acceptors (Lipinski definition) is 5. The molecule has 27 heavy (non-hydrogen) atoms. The van der Waals surface area contributed by atoms with Crippen molar-refractivity contribution in [1.29, 1.82) is 0 Å². The SMILES string of the molecule is Cc1ccc(/C=C/C(=O)Oc2ccc(Nc3nc(C)cc(C)n3)cc2)cc1. The monoisotopic (exact) mass is 359 g/mol. The summed E-state index contributed by atoms with van der Waals surface area (Å²) in [5.41, 5.74) is 4.74. The average molecular weight is 359 g/mol. The summed E-state index contributed by atoms with van der Waals surface area (Å²) in [6.07, 6.45) is 3.15. The summed E-state index contributed by atoms with van der Waals surface area (Å²) in [5.74, 6) is 0.590. The number of benzene rings is 2. The van der Waals surface area contributed by atoms with Crippen molar-refractivity contribution in [3.05, 3.63) is 83.2 Å². The largest absolute Gasteiger partial charge is 0.423 e. The molecule has 0 fully saturated rings. The molecule has 5 nitrogen and oxygen atoms in total. The third-order valence-electron chi connectivity index (χ3n) is 3.80. The molecule has 2 aromatic carbocycles. The number of carbonyl (C=O) groups is 1. The van der Waals surface area contributed by atoms with Crippen LogP contribution in [0.5, 0.6) is 5.75 Å². The average Bonchev–Trinajstić information content (AvgIpc) is 2.62. The summed E-state index contributed by atoms with van der Waals surface area (Å²) in [4.78, 5) is 20.6. The predicted molar refractivity (Wildman–Crippen MR) is 107 cm³/mol. The highest BCUT2D eigenvalue weighted by Crippen LogP contribution is 2.19. The number of aromatic nitrogens is 2. The quantitative estimate of drug-likeness (QED) is 0.404. The molecule has 1 N–H and O–H groups in total. The van der Waals surface area contributed by atoms with Gasteiger partial charge in [-0.15, -0.1) is 0 Å². The summed E-state index contributed by atoms with van der Waals surface area (Å²) in [5, 5.41) is 3.14. The lowest BCUT2D eigenvalue weighted by molar-refractivity contribution is -0.128. The molecule has 0 aliphatic heterocycles. The Labute approximate surface area is 158 Å². The third-order valence-corrected chi connectivity index (χ3v) is 3.80. The molecule has 0 bridgehead atoms. The van der Waals surface area contributed by atoms with Crippen molar-refractivity contribution in [2.75, 3.05) is 5.32 Å². The van der Waals surface area contributed by atoms with Crippen molar-refractivity contribution in [2.24, 2.45) is 0 Å². The third kappa shape index (κ3) is 5.51. The number of nitrogens with one attached hydrogen (secondary N) is 1. The Bertz CT molecular complexity index is 942. The number of nitrogens with zero attached hydrogens (tertiary/aromatic N) is 2. The molecule has 0 spiro atoms. The smallest absolute Gasteiger partial charge is 0.336 e. The molecular weight excluding hydrogens is 338 g/mol. The normalized spacial score (nSPS) is 10.8. The van der Waals surface area contributed by atoms with Gasteiger partial charge in [0.05, 0.1) is 0 Å². The fourth-order valence-corrected chi connectivity index (χ4v) is 2.51. The van der Waals surface area contributed by atoms with Gasteiger partial charge in [0.1, 0.15) is 5.75 Å². The molecule has 0 aliphatic carbocycles. The van der Waals surface area contributed by atoms with E-state index in [0.717, 1.165) is 22.6 Å². The van der Waals surface area contributed by atoms with Gasteiger partial charge in [-0.1, -0.05) is 29.8 Å². The summed E-state index contributed by atoms with van der Waals surface area (Å²) < 4.78 is 5.32. The lowest BCUT2D eigenvalue weighted by Crippen LogP contribution is -2.04. The second-order valence-electron chi connectivity index (χ2n) is 6.29. The van der Waals surface area contributed by atoms with Gasteiger partial charge in [-0.2, -0.15) is 0 Å². The van der Waals surface area contributed by atoms with Crippen LogP contribution in [0, 0.1) is 20.8 Å². The highest BCUT2D eigenvalue weighted by molar-refractivity contribution is 5.88. The molecule has 5 heteroatoms. The first-order valence-corrected chi connectivity index (χ1v) is 8.64. The van der Waals surface area contributed by atoms with Crippen LogP contribution in [0.4, 0.5) is 11.6 Å². The molecule has 1 aromatic heterocycles. The molecule has 0 atom stereocenters. The summed E-state index contributed by atoms with van der Waals surface area (Å²) in [6.45, 7) is 5.87. The molecule has 3 aromatic rings. The Morgan fingerprint density at radius 1 is 0.926 bits per heavy atom. The van der Waals surface area contributed by atoms with Crippen molar-refractivity contribution >= 4 is 23.7 Å². The van der Waals surface area contributed by atoms with E-state index < -0.39 is 5.97 Å². The van der Waals surface area contributed by atoms with Gasteiger partial charge in [0.15, 0.2) is 0 Å². The second-order valence-corrected chi connectivity index (χ2v) is 6.29. The number of aryl methyl sites for hydroxylation is 3. The van der Waals surface area contributed by atoms with Gasteiger partial charge in [0.2, 0.25) is 5.95 Å². The highest BCUT2D eigenvalue weighted by Gasteiger charge is 2.03. The van der Waals surface area contributed by atoms with Gasteiger partial charge in [0.25, 0.3) is 0 Å². The molecule has 3 rings (SSSR count). The summed E-state index contributed by atoms with van der Waals surface area (Å²) in [7, 11) is 0. The number of ether oxygens (including phenoxy) is 1. The zero-order valence-electron chi connectivity index (χ0n) is 15.6. The van der Waals surface area contributed by atoms with E-state index in [1.54, 1.807) is 18.2 Å². The van der Waals surface area contributed by atoms with E-state index in [1.807, 2.05) is 63.2 Å². The van der Waals surface area contributed by atoms with Gasteiger partial charge in [-0.05, 0) is 62.7 Å². The van der Waals surface area contributed by atoms with Gasteiger partial charge in [-0.3, -0.25) is 0 Å². The van der Waals surface area contributed by atoms with E-state index in [-0.39, 0.29) is 0 Å². The molecule has 136 valence electrons. The maximum atomic E-state index is 12.0. The first kappa shape index (κ1) is 18.3. The molecule has 0 saturated carbocycles. The summed E-state index contributed by atoms with van der Waals surface area (Å²) in [6, 6.07) is 16.9. The zero-order chi connectivity index (χ0) is 19.2. The number of rotatable bonds is 5. The van der Waals surface area contributed by atoms with Crippen LogP contribution in [0.2, 0.25) is 0 Å². The van der Waals surface area contributed by atoms with Crippen LogP contribution in [0.15, 0.2) is 60.7 Å². The number of hydrogen-bond donors (Lipinski definition) is 1. The van der Waals surface area contributed by atoms with Crippen LogP contribution in [0.3, 0.4) is 0 Å². The van der Waals surface area contributed by atoms with E-state index in [4.69, 9.17) is 4.74 Å². The lowest BCUT2D eigenvalue weighted by atomic mass is 10.1. The Morgan fingerprint density at radius 2 is 1.56 bits per heavy atom. The summed E-state index contributed by atoms with van der Waals surface area (Å²) >= 11 is 0. The fourth-order valence-electron chi connectivity index (χ4n) is 2.51. The van der Waals surface area contributed by atoms with E-state index in [2.05, 4.69) is 15.3 Å². The van der Waals surface area contributed by atoms with Crippen molar-refractivity contribution < 1.29 is 9.53 Å². The minimum Gasteiger partial charge on any atom is -0.423 e. The Balaban J connectivity index is 1.59. The Kier molecular flexibility index (Phi) is 5.61. The number of esters is 1. The standard InChI is InChI=1S/C22H21N3O2/c1-15-4-6-18(7-5-15)8-13-21(26)27-20-11-9-19(10-12-20)25-22-23-16(2)14-17(3)24-22/h4-14H,1-3H3,(H,23,24,25)/b13-8+. The van der Waals surface area contributed by atoms with Crippen LogP contribution in [0.25, 0.3) is 6.08 Å².